The zero-order chi connectivity index (χ0) is 21.3. The molecule has 1 amide bonds. The Morgan fingerprint density at radius 3 is 2.29 bits per heavy atom. The number of nitrogens with one attached hydrogen (secondary N) is 1. The second-order valence-corrected chi connectivity index (χ2v) is 10.0. The second kappa shape index (κ2) is 7.93. The number of amides is 1. The lowest BCUT2D eigenvalue weighted by atomic mass is 10.1. The van der Waals surface area contributed by atoms with E-state index in [-0.39, 0.29) is 17.1 Å². The van der Waals surface area contributed by atoms with Crippen LogP contribution in [0.5, 0.6) is 0 Å². The molecule has 28 heavy (non-hydrogen) atoms. The van der Waals surface area contributed by atoms with Gasteiger partial charge in [0.25, 0.3) is 5.91 Å². The summed E-state index contributed by atoms with van der Waals surface area (Å²) >= 11 is 11.7. The van der Waals surface area contributed by atoms with Crippen molar-refractivity contribution in [1.29, 1.82) is 0 Å². The molecule has 4 nitrogen and oxygen atoms in total. The fourth-order valence-electron chi connectivity index (χ4n) is 2.32. The first-order valence-corrected chi connectivity index (χ1v) is 10.1. The molecule has 0 heterocycles. The van der Waals surface area contributed by atoms with Gasteiger partial charge < -0.3 is 5.32 Å². The molecule has 0 saturated carbocycles. The molecule has 1 N–H and O–H groups in total. The summed E-state index contributed by atoms with van der Waals surface area (Å²) in [5, 5.41) is 2.87. The highest BCUT2D eigenvalue weighted by Crippen LogP contribution is 2.33. The van der Waals surface area contributed by atoms with Crippen molar-refractivity contribution in [1.82, 2.24) is 5.32 Å². The van der Waals surface area contributed by atoms with E-state index in [1.54, 1.807) is 0 Å². The van der Waals surface area contributed by atoms with E-state index in [2.05, 4.69) is 5.32 Å². The Morgan fingerprint density at radius 1 is 1.07 bits per heavy atom. The van der Waals surface area contributed by atoms with Crippen LogP contribution in [0.25, 0.3) is 0 Å². The van der Waals surface area contributed by atoms with Gasteiger partial charge in [-0.1, -0.05) is 29.3 Å². The largest absolute Gasteiger partial charge is 0.416 e. The van der Waals surface area contributed by atoms with Gasteiger partial charge in [0, 0.05) is 11.6 Å². The lowest BCUT2D eigenvalue weighted by molar-refractivity contribution is -0.137. The van der Waals surface area contributed by atoms with Crippen LogP contribution >= 0.6 is 23.2 Å². The first kappa shape index (κ1) is 22.5. The standard InChI is InChI=1S/C18H16Cl2F3NO3S/c1-17(2,10-24-16(25)14-7-6-12(19)9-15(14)20)28(26,27)13-5-3-4-11(8-13)18(21,22)23/h3-9H,10H2,1-2H3,(H,24,25). The molecule has 2 rings (SSSR count). The van der Waals surface area contributed by atoms with Gasteiger partial charge >= 0.3 is 6.18 Å². The van der Waals surface area contributed by atoms with Gasteiger partial charge in [-0.25, -0.2) is 8.42 Å². The summed E-state index contributed by atoms with van der Waals surface area (Å²) in [6, 6.07) is 7.68. The van der Waals surface area contributed by atoms with E-state index in [0.717, 1.165) is 18.2 Å². The van der Waals surface area contributed by atoms with E-state index in [1.165, 1.54) is 32.0 Å². The van der Waals surface area contributed by atoms with Gasteiger partial charge in [0.15, 0.2) is 9.84 Å². The molecule has 0 atom stereocenters. The van der Waals surface area contributed by atoms with Crippen LogP contribution in [0.1, 0.15) is 29.8 Å². The van der Waals surface area contributed by atoms with Crippen molar-refractivity contribution in [3.63, 3.8) is 0 Å². The maximum atomic E-state index is 12.9. The van der Waals surface area contributed by atoms with Crippen molar-refractivity contribution in [3.05, 3.63) is 63.6 Å². The number of alkyl halides is 3. The number of rotatable bonds is 5. The van der Waals surface area contributed by atoms with Crippen LogP contribution in [0, 0.1) is 0 Å². The number of carbonyl (C=O) groups is 1. The molecule has 0 saturated heterocycles. The van der Waals surface area contributed by atoms with Crippen LogP contribution in [-0.4, -0.2) is 25.6 Å². The predicted octanol–water partition coefficient (Wildman–Crippen LogP) is 4.99. The fourth-order valence-corrected chi connectivity index (χ4v) is 4.25. The van der Waals surface area contributed by atoms with Crippen molar-refractivity contribution in [3.8, 4) is 0 Å². The lowest BCUT2D eigenvalue weighted by Gasteiger charge is -2.25. The molecule has 0 aliphatic rings. The molecule has 2 aromatic carbocycles. The zero-order valence-corrected chi connectivity index (χ0v) is 17.1. The molecular formula is C18H16Cl2F3NO3S. The topological polar surface area (TPSA) is 63.2 Å². The van der Waals surface area contributed by atoms with Gasteiger partial charge in [-0.2, -0.15) is 13.2 Å². The highest BCUT2D eigenvalue weighted by Gasteiger charge is 2.38. The Kier molecular flexibility index (Phi) is 6.37. The van der Waals surface area contributed by atoms with Gasteiger partial charge in [0.05, 0.1) is 25.8 Å². The summed E-state index contributed by atoms with van der Waals surface area (Å²) in [6.07, 6.45) is -4.67. The summed E-state index contributed by atoms with van der Waals surface area (Å²) in [5.41, 5.74) is -0.973. The first-order chi connectivity index (χ1) is 12.8. The highest BCUT2D eigenvalue weighted by molar-refractivity contribution is 7.92. The molecule has 0 fully saturated rings. The minimum absolute atomic E-state index is 0.0866. The van der Waals surface area contributed by atoms with E-state index in [9.17, 15) is 26.4 Å². The molecule has 2 aromatic rings. The second-order valence-electron chi connectivity index (χ2n) is 6.60. The normalized spacial score (nSPS) is 12.7. The summed E-state index contributed by atoms with van der Waals surface area (Å²) in [6.45, 7) is 2.28. The van der Waals surface area contributed by atoms with Gasteiger partial charge in [0.2, 0.25) is 0 Å². The fraction of sp³-hybridized carbons (Fsp3) is 0.278. The summed E-state index contributed by atoms with van der Waals surface area (Å²) in [4.78, 5) is 11.8. The third kappa shape index (κ3) is 4.79. The average Bonchev–Trinajstić information content (AvgIpc) is 2.59. The number of hydrogen-bond donors (Lipinski definition) is 1. The molecule has 152 valence electrons. The maximum Gasteiger partial charge on any atom is 0.416 e. The Labute approximate surface area is 170 Å². The van der Waals surface area contributed by atoms with Crippen molar-refractivity contribution >= 4 is 38.9 Å². The number of benzene rings is 2. The molecule has 0 aliphatic carbocycles. The van der Waals surface area contributed by atoms with Crippen LogP contribution in [0.15, 0.2) is 47.4 Å². The SMILES string of the molecule is CC(C)(CNC(=O)c1ccc(Cl)cc1Cl)S(=O)(=O)c1cccc(C(F)(F)F)c1. The van der Waals surface area contributed by atoms with Gasteiger partial charge in [-0.05, 0) is 50.2 Å². The van der Waals surface area contributed by atoms with Crippen LogP contribution in [-0.2, 0) is 16.0 Å². The Hall–Kier alpha value is -1.77. The lowest BCUT2D eigenvalue weighted by Crippen LogP contribution is -2.44. The van der Waals surface area contributed by atoms with Crippen LogP contribution in [0.4, 0.5) is 13.2 Å². The molecule has 0 bridgehead atoms. The van der Waals surface area contributed by atoms with Gasteiger partial charge in [0.1, 0.15) is 0 Å². The summed E-state index contributed by atoms with van der Waals surface area (Å²) in [7, 11) is -4.18. The molecular weight excluding hydrogens is 438 g/mol. The van der Waals surface area contributed by atoms with Gasteiger partial charge in [-0.3, -0.25) is 4.79 Å². The third-order valence-corrected chi connectivity index (χ3v) is 7.07. The van der Waals surface area contributed by atoms with E-state index < -0.39 is 37.1 Å². The Bertz CT molecular complexity index is 1010. The van der Waals surface area contributed by atoms with E-state index >= 15 is 0 Å². The Balaban J connectivity index is 2.24. The first-order valence-electron chi connectivity index (χ1n) is 7.91. The number of halogens is 5. The number of sulfone groups is 1. The minimum Gasteiger partial charge on any atom is -0.350 e. The molecule has 0 spiro atoms. The van der Waals surface area contributed by atoms with Crippen LogP contribution < -0.4 is 5.32 Å². The Morgan fingerprint density at radius 2 is 1.71 bits per heavy atom. The maximum absolute atomic E-state index is 12.9. The van der Waals surface area contributed by atoms with Crippen molar-refractivity contribution in [2.75, 3.05) is 6.54 Å². The predicted molar refractivity (Wildman–Crippen MR) is 102 cm³/mol. The van der Waals surface area contributed by atoms with Crippen molar-refractivity contribution in [2.24, 2.45) is 0 Å². The number of carbonyl (C=O) groups excluding carboxylic acids is 1. The van der Waals surface area contributed by atoms with E-state index in [1.807, 2.05) is 0 Å². The number of hydrogen-bond acceptors (Lipinski definition) is 3. The minimum atomic E-state index is -4.67. The molecule has 10 heteroatoms. The van der Waals surface area contributed by atoms with E-state index in [4.69, 9.17) is 23.2 Å². The highest BCUT2D eigenvalue weighted by atomic mass is 35.5. The van der Waals surface area contributed by atoms with Gasteiger partial charge in [-0.15, -0.1) is 0 Å². The van der Waals surface area contributed by atoms with E-state index in [0.29, 0.717) is 11.1 Å². The molecule has 0 unspecified atom stereocenters. The van der Waals surface area contributed by atoms with Crippen molar-refractivity contribution in [2.45, 2.75) is 29.7 Å². The third-order valence-electron chi connectivity index (χ3n) is 4.05. The average molecular weight is 454 g/mol. The monoisotopic (exact) mass is 453 g/mol. The summed E-state index contributed by atoms with van der Waals surface area (Å²) in [5.74, 6) is -0.631. The molecule has 0 aromatic heterocycles. The van der Waals surface area contributed by atoms with Crippen LogP contribution in [0.2, 0.25) is 10.0 Å². The zero-order valence-electron chi connectivity index (χ0n) is 14.8. The quantitative estimate of drug-likeness (QED) is 0.692. The molecule has 0 aliphatic heterocycles. The summed E-state index contributed by atoms with van der Waals surface area (Å²) < 4.78 is 62.7. The van der Waals surface area contributed by atoms with Crippen LogP contribution in [0.3, 0.4) is 0 Å². The molecule has 0 radical (unpaired) electrons. The smallest absolute Gasteiger partial charge is 0.350 e. The van der Waals surface area contributed by atoms with Crippen molar-refractivity contribution < 1.29 is 26.4 Å².